The Hall–Kier alpha value is -1.26. The van der Waals surface area contributed by atoms with Crippen LogP contribution in [0.15, 0.2) is 18.2 Å². The fraction of sp³-hybridized carbons (Fsp3) is 0.625. The fourth-order valence-corrected chi connectivity index (χ4v) is 3.03. The van der Waals surface area contributed by atoms with E-state index in [4.69, 9.17) is 4.74 Å². The lowest BCUT2D eigenvalue weighted by molar-refractivity contribution is 0.0810. The van der Waals surface area contributed by atoms with Gasteiger partial charge in [-0.15, -0.1) is 0 Å². The number of aliphatic hydroxyl groups is 1. The van der Waals surface area contributed by atoms with E-state index in [1.165, 1.54) is 19.3 Å². The van der Waals surface area contributed by atoms with Crippen LogP contribution in [0, 0.1) is 5.41 Å². The number of hydrogen-bond acceptors (Lipinski definition) is 4. The zero-order chi connectivity index (χ0) is 14.4. The number of methoxy groups -OCH3 is 1. The van der Waals surface area contributed by atoms with Gasteiger partial charge in [-0.2, -0.15) is 0 Å². The predicted molar refractivity (Wildman–Crippen MR) is 79.0 cm³/mol. The van der Waals surface area contributed by atoms with Crippen LogP contribution in [0.5, 0.6) is 11.5 Å². The number of hydrogen-bond donors (Lipinski definition) is 3. The maximum atomic E-state index is 10.0. The second kappa shape index (κ2) is 6.95. The van der Waals surface area contributed by atoms with E-state index in [0.717, 1.165) is 24.9 Å². The molecule has 0 atom stereocenters. The Morgan fingerprint density at radius 2 is 2.00 bits per heavy atom. The minimum atomic E-state index is 0.0206. The van der Waals surface area contributed by atoms with Crippen molar-refractivity contribution in [1.82, 2.24) is 5.32 Å². The van der Waals surface area contributed by atoms with Crippen LogP contribution >= 0.6 is 0 Å². The van der Waals surface area contributed by atoms with Gasteiger partial charge in [0.15, 0.2) is 11.5 Å². The van der Waals surface area contributed by atoms with Crippen molar-refractivity contribution in [3.05, 3.63) is 23.8 Å². The first kappa shape index (κ1) is 15.1. The Morgan fingerprint density at radius 3 is 2.65 bits per heavy atom. The Labute approximate surface area is 120 Å². The minimum absolute atomic E-state index is 0.0206. The average molecular weight is 279 g/mol. The first-order chi connectivity index (χ1) is 9.71. The van der Waals surface area contributed by atoms with Gasteiger partial charge in [-0.25, -0.2) is 0 Å². The fourth-order valence-electron chi connectivity index (χ4n) is 3.03. The summed E-state index contributed by atoms with van der Waals surface area (Å²) in [4.78, 5) is 0. The molecular formula is C16H25NO3. The van der Waals surface area contributed by atoms with E-state index in [0.29, 0.717) is 12.3 Å². The lowest BCUT2D eigenvalue weighted by atomic mass is 9.74. The van der Waals surface area contributed by atoms with E-state index >= 15 is 0 Å². The van der Waals surface area contributed by atoms with Gasteiger partial charge < -0.3 is 20.3 Å². The third-order valence-corrected chi connectivity index (χ3v) is 4.37. The largest absolute Gasteiger partial charge is 0.504 e. The van der Waals surface area contributed by atoms with Crippen molar-refractivity contribution in [3.63, 3.8) is 0 Å². The molecule has 0 radical (unpaired) electrons. The Kier molecular flexibility index (Phi) is 5.26. The topological polar surface area (TPSA) is 61.7 Å². The summed E-state index contributed by atoms with van der Waals surface area (Å²) < 4.78 is 5.11. The third kappa shape index (κ3) is 3.44. The van der Waals surface area contributed by atoms with Crippen molar-refractivity contribution in [2.24, 2.45) is 5.41 Å². The number of ether oxygens (including phenoxy) is 1. The lowest BCUT2D eigenvalue weighted by Crippen LogP contribution is -2.38. The van der Waals surface area contributed by atoms with Gasteiger partial charge in [0, 0.05) is 30.7 Å². The molecule has 0 aliphatic heterocycles. The molecule has 4 heteroatoms. The number of aliphatic hydroxyl groups excluding tert-OH is 1. The van der Waals surface area contributed by atoms with E-state index < -0.39 is 0 Å². The highest BCUT2D eigenvalue weighted by molar-refractivity contribution is 5.45. The van der Waals surface area contributed by atoms with Crippen molar-refractivity contribution in [2.45, 2.75) is 38.6 Å². The highest BCUT2D eigenvalue weighted by Crippen LogP contribution is 2.35. The van der Waals surface area contributed by atoms with Crippen LogP contribution in [-0.4, -0.2) is 30.5 Å². The monoisotopic (exact) mass is 279 g/mol. The standard InChI is InChI=1S/C16H25NO3/c1-20-14-7-5-6-13(15(14)19)10-17-11-16(12-18)8-3-2-4-9-16/h5-7,17-19H,2-4,8-12H2,1H3. The van der Waals surface area contributed by atoms with Crippen LogP contribution < -0.4 is 10.1 Å². The number of rotatable bonds is 6. The van der Waals surface area contributed by atoms with Crippen LogP contribution in [-0.2, 0) is 6.54 Å². The van der Waals surface area contributed by atoms with Crippen LogP contribution in [0.3, 0.4) is 0 Å². The molecule has 112 valence electrons. The second-order valence-electron chi connectivity index (χ2n) is 5.79. The molecular weight excluding hydrogens is 254 g/mol. The van der Waals surface area contributed by atoms with E-state index in [-0.39, 0.29) is 17.8 Å². The molecule has 0 amide bonds. The van der Waals surface area contributed by atoms with Gasteiger partial charge in [0.2, 0.25) is 0 Å². The summed E-state index contributed by atoms with van der Waals surface area (Å²) in [5, 5.41) is 23.1. The smallest absolute Gasteiger partial charge is 0.162 e. The van der Waals surface area contributed by atoms with Gasteiger partial charge >= 0.3 is 0 Å². The first-order valence-corrected chi connectivity index (χ1v) is 7.37. The number of benzene rings is 1. The molecule has 1 aromatic rings. The molecule has 1 saturated carbocycles. The molecule has 20 heavy (non-hydrogen) atoms. The first-order valence-electron chi connectivity index (χ1n) is 7.37. The molecule has 1 fully saturated rings. The molecule has 0 bridgehead atoms. The third-order valence-electron chi connectivity index (χ3n) is 4.37. The number of nitrogens with one attached hydrogen (secondary N) is 1. The molecule has 0 unspecified atom stereocenters. The van der Waals surface area contributed by atoms with Gasteiger partial charge in [-0.05, 0) is 18.9 Å². The molecule has 1 aliphatic carbocycles. The summed E-state index contributed by atoms with van der Waals surface area (Å²) in [6, 6.07) is 5.50. The molecule has 1 aromatic carbocycles. The number of aromatic hydroxyl groups is 1. The van der Waals surface area contributed by atoms with Crippen molar-refractivity contribution in [2.75, 3.05) is 20.3 Å². The molecule has 0 spiro atoms. The predicted octanol–water partition coefficient (Wildman–Crippen LogP) is 2.43. The molecule has 0 saturated heterocycles. The normalized spacial score (nSPS) is 17.9. The van der Waals surface area contributed by atoms with E-state index in [9.17, 15) is 10.2 Å². The second-order valence-corrected chi connectivity index (χ2v) is 5.79. The van der Waals surface area contributed by atoms with E-state index in [1.807, 2.05) is 12.1 Å². The zero-order valence-corrected chi connectivity index (χ0v) is 12.2. The Morgan fingerprint density at radius 1 is 1.25 bits per heavy atom. The van der Waals surface area contributed by atoms with E-state index in [2.05, 4.69) is 5.32 Å². The van der Waals surface area contributed by atoms with Gasteiger partial charge in [0.1, 0.15) is 0 Å². The van der Waals surface area contributed by atoms with E-state index in [1.54, 1.807) is 13.2 Å². The van der Waals surface area contributed by atoms with Crippen LogP contribution in [0.25, 0.3) is 0 Å². The van der Waals surface area contributed by atoms with Crippen molar-refractivity contribution in [1.29, 1.82) is 0 Å². The summed E-state index contributed by atoms with van der Waals surface area (Å²) in [7, 11) is 1.55. The Bertz CT molecular complexity index is 428. The Balaban J connectivity index is 1.92. The van der Waals surface area contributed by atoms with Crippen LogP contribution in [0.4, 0.5) is 0 Å². The molecule has 2 rings (SSSR count). The summed E-state index contributed by atoms with van der Waals surface area (Å²) in [5.74, 6) is 0.697. The summed E-state index contributed by atoms with van der Waals surface area (Å²) in [5.41, 5.74) is 0.848. The number of phenols is 1. The minimum Gasteiger partial charge on any atom is -0.504 e. The maximum absolute atomic E-state index is 10.0. The average Bonchev–Trinajstić information content (AvgIpc) is 2.50. The van der Waals surface area contributed by atoms with Gasteiger partial charge in [-0.3, -0.25) is 0 Å². The summed E-state index contributed by atoms with van der Waals surface area (Å²) in [6.45, 7) is 1.62. The van der Waals surface area contributed by atoms with Crippen molar-refractivity contribution in [3.8, 4) is 11.5 Å². The highest BCUT2D eigenvalue weighted by atomic mass is 16.5. The quantitative estimate of drug-likeness (QED) is 0.748. The molecule has 0 aromatic heterocycles. The highest BCUT2D eigenvalue weighted by Gasteiger charge is 2.30. The maximum Gasteiger partial charge on any atom is 0.162 e. The summed E-state index contributed by atoms with van der Waals surface area (Å²) in [6.07, 6.45) is 5.85. The summed E-state index contributed by atoms with van der Waals surface area (Å²) >= 11 is 0. The van der Waals surface area contributed by atoms with Crippen molar-refractivity contribution < 1.29 is 14.9 Å². The molecule has 4 nitrogen and oxygen atoms in total. The van der Waals surface area contributed by atoms with Gasteiger partial charge in [0.05, 0.1) is 7.11 Å². The van der Waals surface area contributed by atoms with Gasteiger partial charge in [0.25, 0.3) is 0 Å². The zero-order valence-electron chi connectivity index (χ0n) is 12.2. The molecule has 3 N–H and O–H groups in total. The molecule has 0 heterocycles. The van der Waals surface area contributed by atoms with Crippen LogP contribution in [0.2, 0.25) is 0 Å². The lowest BCUT2D eigenvalue weighted by Gasteiger charge is -2.35. The van der Waals surface area contributed by atoms with Crippen molar-refractivity contribution >= 4 is 0 Å². The number of para-hydroxylation sites is 1. The SMILES string of the molecule is COc1cccc(CNCC2(CO)CCCCC2)c1O. The molecule has 1 aliphatic rings. The van der Waals surface area contributed by atoms with Gasteiger partial charge in [-0.1, -0.05) is 31.4 Å². The van der Waals surface area contributed by atoms with Crippen LogP contribution in [0.1, 0.15) is 37.7 Å². The number of phenolic OH excluding ortho intramolecular Hbond substituents is 1.